The van der Waals surface area contributed by atoms with Gasteiger partial charge in [0.2, 0.25) is 5.79 Å². The second kappa shape index (κ2) is 4.40. The fourth-order valence-corrected chi connectivity index (χ4v) is 1.85. The fraction of sp³-hybridized carbons (Fsp3) is 0.462. The summed E-state index contributed by atoms with van der Waals surface area (Å²) < 4.78 is 11.2. The minimum Gasteiger partial charge on any atom is -0.480 e. The van der Waals surface area contributed by atoms with Gasteiger partial charge in [-0.2, -0.15) is 0 Å². The molecule has 0 amide bonds. The highest BCUT2D eigenvalue weighted by Gasteiger charge is 2.31. The minimum atomic E-state index is -0.865. The third-order valence-corrected chi connectivity index (χ3v) is 2.70. The molecule has 1 aliphatic rings. The summed E-state index contributed by atoms with van der Waals surface area (Å²) >= 11 is 0. The second-order valence-corrected chi connectivity index (χ2v) is 4.71. The SMILES string of the molecule is CCC(Nc1ccc2c(c1)OC(C)(C)O2)C(=O)O. The highest BCUT2D eigenvalue weighted by atomic mass is 16.7. The van der Waals surface area contributed by atoms with Gasteiger partial charge in [0.25, 0.3) is 0 Å². The zero-order valence-corrected chi connectivity index (χ0v) is 10.7. The molecule has 0 aliphatic carbocycles. The molecule has 1 aliphatic heterocycles. The molecule has 1 unspecified atom stereocenters. The monoisotopic (exact) mass is 251 g/mol. The molecule has 0 aromatic heterocycles. The Balaban J connectivity index is 2.16. The van der Waals surface area contributed by atoms with Gasteiger partial charge in [0.15, 0.2) is 11.5 Å². The number of benzene rings is 1. The average molecular weight is 251 g/mol. The molecule has 2 N–H and O–H groups in total. The number of nitrogens with one attached hydrogen (secondary N) is 1. The van der Waals surface area contributed by atoms with Gasteiger partial charge >= 0.3 is 5.97 Å². The van der Waals surface area contributed by atoms with E-state index in [1.165, 1.54) is 0 Å². The molecular formula is C13H17NO4. The van der Waals surface area contributed by atoms with Gasteiger partial charge in [-0.3, -0.25) is 0 Å². The van der Waals surface area contributed by atoms with Gasteiger partial charge in [0.1, 0.15) is 6.04 Å². The van der Waals surface area contributed by atoms with E-state index in [4.69, 9.17) is 14.6 Å². The van der Waals surface area contributed by atoms with Crippen LogP contribution in [-0.4, -0.2) is 22.9 Å². The van der Waals surface area contributed by atoms with E-state index in [0.717, 1.165) is 0 Å². The van der Waals surface area contributed by atoms with Gasteiger partial charge < -0.3 is 19.9 Å². The van der Waals surface area contributed by atoms with E-state index < -0.39 is 17.8 Å². The van der Waals surface area contributed by atoms with Crippen molar-refractivity contribution in [2.75, 3.05) is 5.32 Å². The molecule has 1 atom stereocenters. The number of ether oxygens (including phenoxy) is 2. The number of carbonyl (C=O) groups is 1. The van der Waals surface area contributed by atoms with Crippen LogP contribution in [0.4, 0.5) is 5.69 Å². The van der Waals surface area contributed by atoms with E-state index in [9.17, 15) is 4.79 Å². The van der Waals surface area contributed by atoms with Crippen LogP contribution in [0.3, 0.4) is 0 Å². The van der Waals surface area contributed by atoms with E-state index in [1.54, 1.807) is 18.2 Å². The highest BCUT2D eigenvalue weighted by Crippen LogP contribution is 2.40. The Morgan fingerprint density at radius 3 is 2.67 bits per heavy atom. The largest absolute Gasteiger partial charge is 0.480 e. The lowest BCUT2D eigenvalue weighted by Gasteiger charge is -2.16. The predicted molar refractivity (Wildman–Crippen MR) is 67.1 cm³/mol. The number of fused-ring (bicyclic) bond motifs is 1. The van der Waals surface area contributed by atoms with Crippen molar-refractivity contribution in [3.63, 3.8) is 0 Å². The maximum absolute atomic E-state index is 11.0. The summed E-state index contributed by atoms with van der Waals surface area (Å²) in [5.74, 6) is -0.229. The second-order valence-electron chi connectivity index (χ2n) is 4.71. The fourth-order valence-electron chi connectivity index (χ4n) is 1.85. The summed E-state index contributed by atoms with van der Waals surface area (Å²) in [6.07, 6.45) is 0.509. The molecule has 98 valence electrons. The summed E-state index contributed by atoms with van der Waals surface area (Å²) in [6, 6.07) is 4.73. The van der Waals surface area contributed by atoms with E-state index in [-0.39, 0.29) is 0 Å². The van der Waals surface area contributed by atoms with E-state index in [2.05, 4.69) is 5.32 Å². The first-order chi connectivity index (χ1) is 8.41. The molecule has 0 radical (unpaired) electrons. The van der Waals surface area contributed by atoms with E-state index in [0.29, 0.717) is 23.6 Å². The van der Waals surface area contributed by atoms with Crippen molar-refractivity contribution in [2.24, 2.45) is 0 Å². The van der Waals surface area contributed by atoms with Crippen molar-refractivity contribution in [1.82, 2.24) is 0 Å². The third-order valence-electron chi connectivity index (χ3n) is 2.70. The highest BCUT2D eigenvalue weighted by molar-refractivity contribution is 5.77. The summed E-state index contributed by atoms with van der Waals surface area (Å²) in [6.45, 7) is 5.47. The van der Waals surface area contributed by atoms with Crippen molar-refractivity contribution >= 4 is 11.7 Å². The van der Waals surface area contributed by atoms with Gasteiger partial charge in [0, 0.05) is 25.6 Å². The lowest BCUT2D eigenvalue weighted by Crippen LogP contribution is -2.29. The van der Waals surface area contributed by atoms with Gasteiger partial charge in [-0.15, -0.1) is 0 Å². The maximum Gasteiger partial charge on any atom is 0.326 e. The van der Waals surface area contributed by atoms with E-state index in [1.807, 2.05) is 20.8 Å². The zero-order chi connectivity index (χ0) is 13.3. The number of rotatable bonds is 4. The molecule has 5 heteroatoms. The number of carboxylic acid groups (broad SMARTS) is 1. The first-order valence-electron chi connectivity index (χ1n) is 5.92. The molecule has 1 aromatic carbocycles. The molecule has 0 saturated carbocycles. The molecule has 1 aromatic rings. The number of hydrogen-bond acceptors (Lipinski definition) is 4. The van der Waals surface area contributed by atoms with Crippen LogP contribution in [0.1, 0.15) is 27.2 Å². The molecule has 5 nitrogen and oxygen atoms in total. The van der Waals surface area contributed by atoms with Crippen molar-refractivity contribution in [3.05, 3.63) is 18.2 Å². The van der Waals surface area contributed by atoms with Crippen LogP contribution in [0, 0.1) is 0 Å². The quantitative estimate of drug-likeness (QED) is 0.860. The van der Waals surface area contributed by atoms with Crippen LogP contribution < -0.4 is 14.8 Å². The molecule has 0 bridgehead atoms. The first kappa shape index (κ1) is 12.5. The molecule has 0 saturated heterocycles. The number of hydrogen-bond donors (Lipinski definition) is 2. The third kappa shape index (κ3) is 2.50. The lowest BCUT2D eigenvalue weighted by atomic mass is 10.2. The van der Waals surface area contributed by atoms with Gasteiger partial charge in [-0.05, 0) is 18.6 Å². The summed E-state index contributed by atoms with van der Waals surface area (Å²) in [5, 5.41) is 11.9. The van der Waals surface area contributed by atoms with Gasteiger partial charge in [-0.25, -0.2) is 4.79 Å². The molecule has 18 heavy (non-hydrogen) atoms. The topological polar surface area (TPSA) is 67.8 Å². The predicted octanol–water partition coefficient (Wildman–Crippen LogP) is 2.47. The minimum absolute atomic E-state index is 0.509. The molecule has 2 rings (SSSR count). The van der Waals surface area contributed by atoms with Crippen LogP contribution in [-0.2, 0) is 4.79 Å². The zero-order valence-electron chi connectivity index (χ0n) is 10.7. The van der Waals surface area contributed by atoms with Crippen molar-refractivity contribution in [1.29, 1.82) is 0 Å². The van der Waals surface area contributed by atoms with Gasteiger partial charge in [0.05, 0.1) is 0 Å². The van der Waals surface area contributed by atoms with Crippen molar-refractivity contribution < 1.29 is 19.4 Å². The summed E-state index contributed by atoms with van der Waals surface area (Å²) in [7, 11) is 0. The summed E-state index contributed by atoms with van der Waals surface area (Å²) in [4.78, 5) is 11.0. The maximum atomic E-state index is 11.0. The van der Waals surface area contributed by atoms with Crippen LogP contribution in [0.25, 0.3) is 0 Å². The normalized spacial score (nSPS) is 17.3. The summed E-state index contributed by atoms with van der Waals surface area (Å²) in [5.41, 5.74) is 0.712. The Bertz CT molecular complexity index is 470. The standard InChI is InChI=1S/C13H17NO4/c1-4-9(12(15)16)14-8-5-6-10-11(7-8)18-13(2,3)17-10/h5-7,9,14H,4H2,1-3H3,(H,15,16). The van der Waals surface area contributed by atoms with Crippen LogP contribution in [0.2, 0.25) is 0 Å². The first-order valence-corrected chi connectivity index (χ1v) is 5.92. The Kier molecular flexibility index (Phi) is 3.07. The van der Waals surface area contributed by atoms with Crippen LogP contribution in [0.5, 0.6) is 11.5 Å². The van der Waals surface area contributed by atoms with Crippen molar-refractivity contribution in [2.45, 2.75) is 39.0 Å². The number of carboxylic acids is 1. The number of aliphatic carboxylic acids is 1. The molecule has 0 fully saturated rings. The van der Waals surface area contributed by atoms with Crippen molar-refractivity contribution in [3.8, 4) is 11.5 Å². The number of anilines is 1. The Labute approximate surface area is 106 Å². The average Bonchev–Trinajstić information content (AvgIpc) is 2.58. The Hall–Kier alpha value is -1.91. The Morgan fingerprint density at radius 2 is 2.06 bits per heavy atom. The van der Waals surface area contributed by atoms with Gasteiger partial charge in [-0.1, -0.05) is 6.92 Å². The van der Waals surface area contributed by atoms with Crippen LogP contribution >= 0.6 is 0 Å². The smallest absolute Gasteiger partial charge is 0.326 e. The molecular weight excluding hydrogens is 234 g/mol. The Morgan fingerprint density at radius 1 is 1.39 bits per heavy atom. The molecule has 1 heterocycles. The lowest BCUT2D eigenvalue weighted by molar-refractivity contribution is -0.137. The molecule has 0 spiro atoms. The van der Waals surface area contributed by atoms with Crippen LogP contribution in [0.15, 0.2) is 18.2 Å². The van der Waals surface area contributed by atoms with E-state index >= 15 is 0 Å².